The Hall–Kier alpha value is -1.15. The van der Waals surface area contributed by atoms with Crippen molar-refractivity contribution in [3.63, 3.8) is 0 Å². The highest BCUT2D eigenvalue weighted by atomic mass is 32.2. The van der Waals surface area contributed by atoms with Gasteiger partial charge in [0.1, 0.15) is 6.54 Å². The predicted octanol–water partition coefficient (Wildman–Crippen LogP) is 1.40. The van der Waals surface area contributed by atoms with Crippen LogP contribution in [0.15, 0.2) is 0 Å². The third-order valence-electron chi connectivity index (χ3n) is 4.88. The van der Waals surface area contributed by atoms with Gasteiger partial charge < -0.3 is 10.0 Å². The van der Waals surface area contributed by atoms with Gasteiger partial charge in [-0.15, -0.1) is 0 Å². The van der Waals surface area contributed by atoms with Gasteiger partial charge in [0.05, 0.1) is 5.75 Å². The van der Waals surface area contributed by atoms with Gasteiger partial charge in [-0.1, -0.05) is 20.8 Å². The molecule has 0 saturated carbocycles. The Morgan fingerprint density at radius 3 is 2.17 bits per heavy atom. The van der Waals surface area contributed by atoms with Gasteiger partial charge in [-0.3, -0.25) is 9.59 Å². The Kier molecular flexibility index (Phi) is 7.66. The molecule has 24 heavy (non-hydrogen) atoms. The molecule has 0 aromatic heterocycles. The molecule has 1 aliphatic rings. The summed E-state index contributed by atoms with van der Waals surface area (Å²) in [7, 11) is -3.23. The fraction of sp³-hybridized carbons (Fsp3) is 0.875. The maximum atomic E-state index is 12.6. The van der Waals surface area contributed by atoms with Crippen LogP contribution in [0.5, 0.6) is 0 Å². The normalized spacial score (nSPS) is 18.5. The number of carbonyl (C=O) groups is 2. The van der Waals surface area contributed by atoms with Gasteiger partial charge in [0, 0.05) is 25.6 Å². The zero-order valence-electron chi connectivity index (χ0n) is 15.1. The van der Waals surface area contributed by atoms with Crippen molar-refractivity contribution >= 4 is 21.9 Å². The molecule has 1 aliphatic heterocycles. The van der Waals surface area contributed by atoms with E-state index in [0.29, 0.717) is 38.3 Å². The van der Waals surface area contributed by atoms with E-state index in [4.69, 9.17) is 5.11 Å². The van der Waals surface area contributed by atoms with Crippen molar-refractivity contribution < 1.29 is 23.1 Å². The molecule has 1 rings (SSSR count). The number of carboxylic acid groups (broad SMARTS) is 1. The maximum absolute atomic E-state index is 12.6. The Morgan fingerprint density at radius 1 is 1.21 bits per heavy atom. The number of aliphatic carboxylic acids is 1. The first-order valence-corrected chi connectivity index (χ1v) is 10.2. The number of rotatable bonds is 8. The van der Waals surface area contributed by atoms with Crippen molar-refractivity contribution in [2.75, 3.05) is 25.4 Å². The first kappa shape index (κ1) is 20.9. The van der Waals surface area contributed by atoms with Crippen molar-refractivity contribution in [1.82, 2.24) is 9.21 Å². The number of piperidine rings is 1. The molecule has 0 aliphatic carbocycles. The number of hydrogen-bond acceptors (Lipinski definition) is 4. The lowest BCUT2D eigenvalue weighted by Crippen LogP contribution is -2.50. The number of sulfonamides is 1. The summed E-state index contributed by atoms with van der Waals surface area (Å²) in [5, 5.41) is 9.13. The molecule has 1 heterocycles. The number of carbonyl (C=O) groups excluding carboxylic acids is 1. The van der Waals surface area contributed by atoms with Crippen molar-refractivity contribution in [1.29, 1.82) is 0 Å². The molecule has 1 atom stereocenters. The summed E-state index contributed by atoms with van der Waals surface area (Å²) in [6, 6.07) is -0.212. The second kappa shape index (κ2) is 8.80. The van der Waals surface area contributed by atoms with Crippen molar-refractivity contribution in [3.8, 4) is 0 Å². The highest BCUT2D eigenvalue weighted by Crippen LogP contribution is 2.22. The average molecular weight is 362 g/mol. The highest BCUT2D eigenvalue weighted by Gasteiger charge is 2.33. The number of hydrogen-bond donors (Lipinski definition) is 1. The fourth-order valence-corrected chi connectivity index (χ4v) is 3.94. The molecule has 1 amide bonds. The van der Waals surface area contributed by atoms with Gasteiger partial charge in [0.25, 0.3) is 0 Å². The average Bonchev–Trinajstić information content (AvgIpc) is 2.52. The van der Waals surface area contributed by atoms with Gasteiger partial charge in [0.15, 0.2) is 0 Å². The second-order valence-corrected chi connectivity index (χ2v) is 9.13. The van der Waals surface area contributed by atoms with Gasteiger partial charge in [-0.2, -0.15) is 0 Å². The number of amides is 1. The molecule has 140 valence electrons. The summed E-state index contributed by atoms with van der Waals surface area (Å²) < 4.78 is 25.3. The van der Waals surface area contributed by atoms with E-state index >= 15 is 0 Å². The minimum atomic E-state index is -3.23. The molecular weight excluding hydrogens is 332 g/mol. The first-order valence-electron chi connectivity index (χ1n) is 8.57. The molecule has 0 spiro atoms. The third-order valence-corrected chi connectivity index (χ3v) is 6.76. The summed E-state index contributed by atoms with van der Waals surface area (Å²) in [6.07, 6.45) is 1.28. The molecule has 1 fully saturated rings. The van der Waals surface area contributed by atoms with Crippen LogP contribution in [-0.4, -0.2) is 66.0 Å². The van der Waals surface area contributed by atoms with E-state index in [2.05, 4.69) is 0 Å². The smallest absolute Gasteiger partial charge is 0.323 e. The Labute approximate surface area is 145 Å². The molecule has 0 bridgehead atoms. The molecule has 7 nitrogen and oxygen atoms in total. The largest absolute Gasteiger partial charge is 0.480 e. The monoisotopic (exact) mass is 362 g/mol. The first-order chi connectivity index (χ1) is 11.1. The topological polar surface area (TPSA) is 95.0 Å². The fourth-order valence-electron chi connectivity index (χ4n) is 2.81. The summed E-state index contributed by atoms with van der Waals surface area (Å²) in [5.74, 6) is -0.618. The van der Waals surface area contributed by atoms with E-state index in [1.807, 2.05) is 20.8 Å². The standard InChI is InChI=1S/C16H30N2O5S/c1-5-24(22,23)17-8-6-14(7-9-17)18(11-16(20)21)15(19)10-13(4)12(2)3/h12-14H,5-11H2,1-4H3,(H,20,21). The van der Waals surface area contributed by atoms with Gasteiger partial charge in [-0.25, -0.2) is 12.7 Å². The van der Waals surface area contributed by atoms with Crippen LogP contribution < -0.4 is 0 Å². The molecular formula is C16H30N2O5S. The van der Waals surface area contributed by atoms with Crippen molar-refractivity contribution in [2.45, 2.75) is 53.0 Å². The zero-order chi connectivity index (χ0) is 18.5. The van der Waals surface area contributed by atoms with Crippen LogP contribution in [0.4, 0.5) is 0 Å². The number of nitrogens with zero attached hydrogens (tertiary/aromatic N) is 2. The van der Waals surface area contributed by atoms with Crippen LogP contribution >= 0.6 is 0 Å². The summed E-state index contributed by atoms with van der Waals surface area (Å²) in [5.41, 5.74) is 0. The van der Waals surface area contributed by atoms with Crippen LogP contribution in [0.3, 0.4) is 0 Å². The molecule has 1 saturated heterocycles. The Bertz CT molecular complexity index is 539. The van der Waals surface area contributed by atoms with Crippen molar-refractivity contribution in [2.24, 2.45) is 11.8 Å². The minimum absolute atomic E-state index is 0.0569. The molecule has 8 heteroatoms. The molecule has 1 unspecified atom stereocenters. The SMILES string of the molecule is CCS(=O)(=O)N1CCC(N(CC(=O)O)C(=O)CC(C)C(C)C)CC1. The molecule has 0 aromatic rings. The third kappa shape index (κ3) is 5.73. The van der Waals surface area contributed by atoms with E-state index in [-0.39, 0.29) is 30.2 Å². The van der Waals surface area contributed by atoms with Crippen LogP contribution in [0.1, 0.15) is 47.0 Å². The predicted molar refractivity (Wildman–Crippen MR) is 92.0 cm³/mol. The van der Waals surface area contributed by atoms with Gasteiger partial charge in [-0.05, 0) is 31.6 Å². The van der Waals surface area contributed by atoms with Crippen LogP contribution in [0.25, 0.3) is 0 Å². The quantitative estimate of drug-likeness (QED) is 0.704. The Morgan fingerprint density at radius 2 is 1.75 bits per heavy atom. The maximum Gasteiger partial charge on any atom is 0.323 e. The lowest BCUT2D eigenvalue weighted by molar-refractivity contribution is -0.147. The second-order valence-electron chi connectivity index (χ2n) is 6.87. The van der Waals surface area contributed by atoms with E-state index < -0.39 is 16.0 Å². The lowest BCUT2D eigenvalue weighted by atomic mass is 9.93. The van der Waals surface area contributed by atoms with Gasteiger partial charge in [0.2, 0.25) is 15.9 Å². The summed E-state index contributed by atoms with van der Waals surface area (Å²) in [6.45, 7) is 8.01. The van der Waals surface area contributed by atoms with E-state index in [0.717, 1.165) is 0 Å². The Balaban J connectivity index is 2.77. The van der Waals surface area contributed by atoms with Crippen molar-refractivity contribution in [3.05, 3.63) is 0 Å². The highest BCUT2D eigenvalue weighted by molar-refractivity contribution is 7.89. The minimum Gasteiger partial charge on any atom is -0.480 e. The van der Waals surface area contributed by atoms with E-state index in [1.165, 1.54) is 9.21 Å². The zero-order valence-corrected chi connectivity index (χ0v) is 15.9. The van der Waals surface area contributed by atoms with Crippen LogP contribution in [0.2, 0.25) is 0 Å². The van der Waals surface area contributed by atoms with E-state index in [9.17, 15) is 18.0 Å². The molecule has 1 N–H and O–H groups in total. The molecule has 0 radical (unpaired) electrons. The van der Waals surface area contributed by atoms with E-state index in [1.54, 1.807) is 6.92 Å². The lowest BCUT2D eigenvalue weighted by Gasteiger charge is -2.37. The van der Waals surface area contributed by atoms with Crippen LogP contribution in [0, 0.1) is 11.8 Å². The van der Waals surface area contributed by atoms with Gasteiger partial charge >= 0.3 is 5.97 Å². The molecule has 0 aromatic carbocycles. The summed E-state index contributed by atoms with van der Waals surface area (Å²) in [4.78, 5) is 25.1. The summed E-state index contributed by atoms with van der Waals surface area (Å²) >= 11 is 0. The van der Waals surface area contributed by atoms with Crippen LogP contribution in [-0.2, 0) is 19.6 Å². The number of carboxylic acids is 1.